The summed E-state index contributed by atoms with van der Waals surface area (Å²) in [7, 11) is 1.71. The van der Waals surface area contributed by atoms with E-state index in [0.717, 1.165) is 12.8 Å². The summed E-state index contributed by atoms with van der Waals surface area (Å²) >= 11 is 2.21. The van der Waals surface area contributed by atoms with E-state index in [9.17, 15) is 4.79 Å². The van der Waals surface area contributed by atoms with Crippen molar-refractivity contribution in [1.29, 1.82) is 0 Å². The summed E-state index contributed by atoms with van der Waals surface area (Å²) in [6.45, 7) is 5.14. The molecule has 41 heavy (non-hydrogen) atoms. The number of aromatic amines is 1. The number of fused-ring (bicyclic) bond motifs is 1. The Kier molecular flexibility index (Phi) is 15.9. The summed E-state index contributed by atoms with van der Waals surface area (Å²) in [5, 5.41) is 0. The van der Waals surface area contributed by atoms with Gasteiger partial charge < -0.3 is 19.9 Å². The predicted molar refractivity (Wildman–Crippen MR) is 170 cm³/mol. The summed E-state index contributed by atoms with van der Waals surface area (Å²) < 4.78 is 20.4. The van der Waals surface area contributed by atoms with Gasteiger partial charge >= 0.3 is 0 Å². The molecular formula is C29H51IN6O5. The van der Waals surface area contributed by atoms with Gasteiger partial charge in [-0.05, 0) is 13.3 Å². The number of H-pyrrole nitrogens is 1. The lowest BCUT2D eigenvalue weighted by atomic mass is 10.0. The van der Waals surface area contributed by atoms with Crippen LogP contribution in [0.5, 0.6) is 0 Å². The van der Waals surface area contributed by atoms with Crippen LogP contribution in [0.4, 0.5) is 5.95 Å². The number of hydroxylamine groups is 1. The first-order valence-corrected chi connectivity index (χ1v) is 16.8. The number of hydrogen-bond donors (Lipinski definition) is 3. The Morgan fingerprint density at radius 2 is 1.66 bits per heavy atom. The van der Waals surface area contributed by atoms with Gasteiger partial charge in [-0.1, -0.05) is 113 Å². The number of hydrogen-bond acceptors (Lipinski definition) is 9. The maximum atomic E-state index is 12.4. The lowest BCUT2D eigenvalue weighted by Crippen LogP contribution is -2.41. The highest BCUT2D eigenvalue weighted by molar-refractivity contribution is 14.1. The molecule has 2 aromatic rings. The standard InChI is InChI=1S/C29H51IN6O5/c1-4-5-6-7-8-9-10-11-12-13-14-15-16-17-18-38-25-24(41-32-3)22(19-39-21(2)30)40-28(25)36-20-33-23-26(36)34-29(31)35-27(23)37/h20-22,24-25,28,32H,4-19H2,1-3H3,(H3,31,34,35,37)/t21?,22-,24?,25?,28-/m1/s1. The number of nitrogens with two attached hydrogens (primary N) is 1. The van der Waals surface area contributed by atoms with Gasteiger partial charge in [0.2, 0.25) is 5.95 Å². The van der Waals surface area contributed by atoms with Crippen LogP contribution in [-0.4, -0.2) is 62.2 Å². The van der Waals surface area contributed by atoms with Crippen molar-refractivity contribution in [3.8, 4) is 0 Å². The molecule has 3 rings (SSSR count). The Morgan fingerprint density at radius 3 is 2.24 bits per heavy atom. The van der Waals surface area contributed by atoms with E-state index < -0.39 is 30.1 Å². The summed E-state index contributed by atoms with van der Waals surface area (Å²) in [5.41, 5.74) is 8.77. The van der Waals surface area contributed by atoms with Crippen LogP contribution in [0.3, 0.4) is 0 Å². The minimum absolute atomic E-state index is 0.00880. The summed E-state index contributed by atoms with van der Waals surface area (Å²) in [5.74, 6) is 0.0174. The van der Waals surface area contributed by atoms with Gasteiger partial charge in [-0.25, -0.2) is 10.5 Å². The third-order valence-corrected chi connectivity index (χ3v) is 7.92. The van der Waals surface area contributed by atoms with Crippen molar-refractivity contribution in [1.82, 2.24) is 25.0 Å². The second-order valence-corrected chi connectivity index (χ2v) is 12.7. The van der Waals surface area contributed by atoms with Gasteiger partial charge in [-0.3, -0.25) is 19.2 Å². The number of anilines is 1. The molecule has 4 N–H and O–H groups in total. The number of ether oxygens (including phenoxy) is 3. The van der Waals surface area contributed by atoms with Crippen LogP contribution in [-0.2, 0) is 19.0 Å². The van der Waals surface area contributed by atoms with E-state index in [1.54, 1.807) is 17.9 Å². The molecule has 0 saturated carbocycles. The monoisotopic (exact) mass is 690 g/mol. The van der Waals surface area contributed by atoms with Crippen molar-refractivity contribution in [3.63, 3.8) is 0 Å². The molecular weight excluding hydrogens is 639 g/mol. The van der Waals surface area contributed by atoms with Crippen LogP contribution in [0.15, 0.2) is 11.1 Å². The van der Waals surface area contributed by atoms with E-state index >= 15 is 0 Å². The Bertz CT molecular complexity index is 1050. The molecule has 234 valence electrons. The van der Waals surface area contributed by atoms with Crippen molar-refractivity contribution in [3.05, 3.63) is 16.7 Å². The molecule has 3 unspecified atom stereocenters. The second kappa shape index (κ2) is 19.1. The van der Waals surface area contributed by atoms with E-state index in [-0.39, 0.29) is 15.6 Å². The number of halogens is 1. The number of nitrogens with one attached hydrogen (secondary N) is 2. The Morgan fingerprint density at radius 1 is 1.05 bits per heavy atom. The third kappa shape index (κ3) is 11.0. The Hall–Kier alpha value is -1.32. The highest BCUT2D eigenvalue weighted by Crippen LogP contribution is 2.35. The minimum atomic E-state index is -0.614. The summed E-state index contributed by atoms with van der Waals surface area (Å²) in [6, 6.07) is 0. The number of unbranched alkanes of at least 4 members (excludes halogenated alkanes) is 13. The zero-order chi connectivity index (χ0) is 29.5. The van der Waals surface area contributed by atoms with Crippen LogP contribution < -0.4 is 16.8 Å². The molecule has 0 bridgehead atoms. The molecule has 11 nitrogen and oxygen atoms in total. The van der Waals surface area contributed by atoms with Crippen molar-refractivity contribution in [2.24, 2.45) is 0 Å². The maximum Gasteiger partial charge on any atom is 0.280 e. The van der Waals surface area contributed by atoms with Crippen LogP contribution in [0, 0.1) is 0 Å². The van der Waals surface area contributed by atoms with E-state index in [0.29, 0.717) is 18.9 Å². The topological polar surface area (TPSA) is 139 Å². The van der Waals surface area contributed by atoms with Gasteiger partial charge in [0.1, 0.15) is 22.4 Å². The summed E-state index contributed by atoms with van der Waals surface area (Å²) in [6.07, 6.45) is 17.9. The molecule has 0 aromatic carbocycles. The molecule has 1 fully saturated rings. The quantitative estimate of drug-likeness (QED) is 0.0607. The van der Waals surface area contributed by atoms with E-state index in [1.807, 2.05) is 6.92 Å². The average molecular weight is 691 g/mol. The molecule has 3 heterocycles. The molecule has 1 aliphatic heterocycles. The van der Waals surface area contributed by atoms with E-state index in [2.05, 4.69) is 49.9 Å². The lowest BCUT2D eigenvalue weighted by molar-refractivity contribution is -0.111. The molecule has 0 spiro atoms. The fourth-order valence-electron chi connectivity index (χ4n) is 5.39. The molecule has 2 aromatic heterocycles. The van der Waals surface area contributed by atoms with Crippen molar-refractivity contribution < 1.29 is 19.0 Å². The molecule has 12 heteroatoms. The maximum absolute atomic E-state index is 12.4. The molecule has 0 amide bonds. The Labute approximate surface area is 258 Å². The molecule has 0 aliphatic carbocycles. The first kappa shape index (κ1) is 34.2. The van der Waals surface area contributed by atoms with Gasteiger partial charge in [-0.15, -0.1) is 0 Å². The zero-order valence-corrected chi connectivity index (χ0v) is 27.3. The second-order valence-electron chi connectivity index (χ2n) is 10.9. The molecule has 1 saturated heterocycles. The van der Waals surface area contributed by atoms with Crippen molar-refractivity contribution in [2.45, 2.75) is 132 Å². The fourth-order valence-corrected chi connectivity index (χ4v) is 5.60. The SMILES string of the molecule is CCCCCCCCCCCCCCCCOC1C(ONC)[C@@H](COC(C)I)O[C@H]1n1cnc2c(=O)[nH]c(N)nc21. The van der Waals surface area contributed by atoms with Gasteiger partial charge in [0.15, 0.2) is 17.4 Å². The highest BCUT2D eigenvalue weighted by atomic mass is 127. The Balaban J connectivity index is 1.48. The number of aromatic nitrogens is 4. The molecule has 0 radical (unpaired) electrons. The fraction of sp³-hybridized carbons (Fsp3) is 0.828. The van der Waals surface area contributed by atoms with Gasteiger partial charge in [0.05, 0.1) is 12.9 Å². The number of nitrogens with zero attached hydrogens (tertiary/aromatic N) is 3. The van der Waals surface area contributed by atoms with Gasteiger partial charge in [0.25, 0.3) is 5.56 Å². The van der Waals surface area contributed by atoms with Crippen LogP contribution in [0.25, 0.3) is 11.2 Å². The van der Waals surface area contributed by atoms with E-state index in [1.165, 1.54) is 77.0 Å². The van der Waals surface area contributed by atoms with Crippen LogP contribution in [0.1, 0.15) is 110 Å². The largest absolute Gasteiger partial charge is 0.371 e. The van der Waals surface area contributed by atoms with E-state index in [4.69, 9.17) is 24.8 Å². The normalized spacial score (nSPS) is 21.7. The van der Waals surface area contributed by atoms with Crippen LogP contribution >= 0.6 is 22.6 Å². The summed E-state index contributed by atoms with van der Waals surface area (Å²) in [4.78, 5) is 29.3. The van der Waals surface area contributed by atoms with Crippen molar-refractivity contribution in [2.75, 3.05) is 26.0 Å². The minimum Gasteiger partial charge on any atom is -0.371 e. The van der Waals surface area contributed by atoms with Gasteiger partial charge in [-0.2, -0.15) is 4.98 Å². The molecule has 5 atom stereocenters. The van der Waals surface area contributed by atoms with Crippen LogP contribution in [0.2, 0.25) is 0 Å². The third-order valence-electron chi connectivity index (χ3n) is 7.56. The zero-order valence-electron chi connectivity index (χ0n) is 25.1. The smallest absolute Gasteiger partial charge is 0.280 e. The number of nitrogen functional groups attached to an aromatic ring is 1. The van der Waals surface area contributed by atoms with Gasteiger partial charge in [0, 0.05) is 13.7 Å². The number of rotatable bonds is 22. The lowest BCUT2D eigenvalue weighted by Gasteiger charge is -2.24. The highest BCUT2D eigenvalue weighted by Gasteiger charge is 2.48. The first-order valence-electron chi connectivity index (χ1n) is 15.5. The average Bonchev–Trinajstić information content (AvgIpc) is 3.51. The molecule has 1 aliphatic rings. The number of alkyl halides is 1. The van der Waals surface area contributed by atoms with Crippen molar-refractivity contribution >= 4 is 39.7 Å². The number of imidazole rings is 1. The predicted octanol–water partition coefficient (Wildman–Crippen LogP) is 5.78. The first-order chi connectivity index (χ1) is 20.0.